The van der Waals surface area contributed by atoms with Crippen LogP contribution in [0.15, 0.2) is 0 Å². The number of rotatable bonds is 4. The molecule has 1 fully saturated rings. The van der Waals surface area contributed by atoms with Gasteiger partial charge in [0.15, 0.2) is 0 Å². The molecule has 0 amide bonds. The predicted molar refractivity (Wildman–Crippen MR) is 68.5 cm³/mol. The molecule has 2 heteroatoms. The van der Waals surface area contributed by atoms with Crippen molar-refractivity contribution in [3.8, 4) is 0 Å². The molecule has 0 N–H and O–H groups in total. The first-order valence-electron chi connectivity index (χ1n) is 6.55. The lowest BCUT2D eigenvalue weighted by Crippen LogP contribution is -2.40. The fraction of sp³-hybridized carbons (Fsp3) is 0.929. The van der Waals surface area contributed by atoms with E-state index in [2.05, 4.69) is 25.8 Å². The Bertz CT molecular complexity index is 235. The zero-order chi connectivity index (χ0) is 12.3. The van der Waals surface area contributed by atoms with E-state index in [9.17, 15) is 4.79 Å². The van der Waals surface area contributed by atoms with Gasteiger partial charge in [-0.3, -0.25) is 9.69 Å². The summed E-state index contributed by atoms with van der Waals surface area (Å²) in [6, 6.07) is 0.621. The fourth-order valence-corrected chi connectivity index (χ4v) is 2.38. The summed E-state index contributed by atoms with van der Waals surface area (Å²) in [5.41, 5.74) is 0.513. The summed E-state index contributed by atoms with van der Waals surface area (Å²) in [6.07, 6.45) is 5.07. The summed E-state index contributed by atoms with van der Waals surface area (Å²) in [5.74, 6) is 0.537. The lowest BCUT2D eigenvalue weighted by atomic mass is 9.75. The summed E-state index contributed by atoms with van der Waals surface area (Å²) in [7, 11) is 2.10. The van der Waals surface area contributed by atoms with Crippen LogP contribution in [0.4, 0.5) is 0 Å². The largest absolute Gasteiger partial charge is 0.298 e. The van der Waals surface area contributed by atoms with E-state index in [1.54, 1.807) is 0 Å². The highest BCUT2D eigenvalue weighted by Gasteiger charge is 2.29. The van der Waals surface area contributed by atoms with Crippen molar-refractivity contribution in [1.82, 2.24) is 4.90 Å². The summed E-state index contributed by atoms with van der Waals surface area (Å²) in [5, 5.41) is 0. The molecule has 1 aliphatic carbocycles. The third kappa shape index (κ3) is 3.89. The Labute approximate surface area is 100 Å². The molecule has 0 unspecified atom stereocenters. The minimum absolute atomic E-state index is 0.169. The lowest BCUT2D eigenvalue weighted by molar-refractivity contribution is -0.123. The number of likely N-dealkylation sites (N-methyl/N-ethyl adjacent to an activating group) is 1. The van der Waals surface area contributed by atoms with E-state index in [1.807, 2.05) is 13.8 Å². The predicted octanol–water partition coefficient (Wildman–Crippen LogP) is 3.11. The van der Waals surface area contributed by atoms with Crippen LogP contribution in [0.3, 0.4) is 0 Å². The smallest absolute Gasteiger partial charge is 0.149 e. The third-order valence-corrected chi connectivity index (χ3v) is 3.98. The van der Waals surface area contributed by atoms with Gasteiger partial charge in [0.25, 0.3) is 0 Å². The van der Waals surface area contributed by atoms with Gasteiger partial charge in [-0.15, -0.1) is 0 Å². The number of ketones is 1. The maximum atomic E-state index is 11.7. The van der Waals surface area contributed by atoms with Crippen molar-refractivity contribution in [3.63, 3.8) is 0 Å². The van der Waals surface area contributed by atoms with Crippen LogP contribution in [0.1, 0.15) is 53.4 Å². The summed E-state index contributed by atoms with van der Waals surface area (Å²) >= 11 is 0. The average Bonchev–Trinajstić information content (AvgIpc) is 2.17. The van der Waals surface area contributed by atoms with E-state index in [1.165, 1.54) is 25.7 Å². The van der Waals surface area contributed by atoms with Crippen molar-refractivity contribution in [2.75, 3.05) is 13.6 Å². The third-order valence-electron chi connectivity index (χ3n) is 3.98. The summed E-state index contributed by atoms with van der Waals surface area (Å²) in [6.45, 7) is 9.30. The monoisotopic (exact) mass is 225 g/mol. The molecule has 1 saturated carbocycles. The van der Waals surface area contributed by atoms with Crippen molar-refractivity contribution in [2.24, 2.45) is 11.3 Å². The van der Waals surface area contributed by atoms with E-state index in [4.69, 9.17) is 0 Å². The summed E-state index contributed by atoms with van der Waals surface area (Å²) in [4.78, 5) is 13.9. The molecule has 0 radical (unpaired) electrons. The zero-order valence-corrected chi connectivity index (χ0v) is 11.5. The highest BCUT2D eigenvalue weighted by atomic mass is 16.1. The molecule has 1 aliphatic rings. The van der Waals surface area contributed by atoms with Crippen LogP contribution in [0.5, 0.6) is 0 Å². The van der Waals surface area contributed by atoms with Crippen molar-refractivity contribution in [1.29, 1.82) is 0 Å². The van der Waals surface area contributed by atoms with E-state index in [-0.39, 0.29) is 5.92 Å². The van der Waals surface area contributed by atoms with Crippen LogP contribution >= 0.6 is 0 Å². The first-order valence-corrected chi connectivity index (χ1v) is 6.55. The van der Waals surface area contributed by atoms with Gasteiger partial charge >= 0.3 is 0 Å². The first kappa shape index (κ1) is 13.7. The topological polar surface area (TPSA) is 20.3 Å². The molecule has 0 aromatic heterocycles. The molecule has 0 heterocycles. The number of carbonyl (C=O) groups excluding carboxylic acids is 1. The highest BCUT2D eigenvalue weighted by Crippen LogP contribution is 2.36. The fourth-order valence-electron chi connectivity index (χ4n) is 2.38. The van der Waals surface area contributed by atoms with Crippen LogP contribution in [0, 0.1) is 11.3 Å². The molecule has 0 atom stereocenters. The van der Waals surface area contributed by atoms with Gasteiger partial charge in [-0.05, 0) is 38.1 Å². The first-order chi connectivity index (χ1) is 7.32. The average molecular weight is 225 g/mol. The number of hydrogen-bond donors (Lipinski definition) is 0. The molecule has 0 saturated heterocycles. The van der Waals surface area contributed by atoms with Crippen LogP contribution < -0.4 is 0 Å². The summed E-state index contributed by atoms with van der Waals surface area (Å²) < 4.78 is 0. The van der Waals surface area contributed by atoms with Gasteiger partial charge in [0.2, 0.25) is 0 Å². The molecular formula is C14H27NO. The molecule has 0 aliphatic heterocycles. The molecule has 16 heavy (non-hydrogen) atoms. The van der Waals surface area contributed by atoms with Gasteiger partial charge in [0, 0.05) is 12.0 Å². The number of Topliss-reactive ketones (excluding diaryl/α,β-unsaturated/α-hetero) is 1. The second-order valence-electron chi connectivity index (χ2n) is 6.43. The number of carbonyl (C=O) groups is 1. The van der Waals surface area contributed by atoms with Gasteiger partial charge in [0.05, 0.1) is 6.54 Å². The normalized spacial score (nSPS) is 21.7. The van der Waals surface area contributed by atoms with Gasteiger partial charge < -0.3 is 0 Å². The van der Waals surface area contributed by atoms with Gasteiger partial charge in [0.1, 0.15) is 5.78 Å². The van der Waals surface area contributed by atoms with Gasteiger partial charge in [-0.1, -0.05) is 27.7 Å². The van der Waals surface area contributed by atoms with E-state index < -0.39 is 0 Å². The molecule has 0 aromatic rings. The quantitative estimate of drug-likeness (QED) is 0.732. The Morgan fingerprint density at radius 3 is 2.25 bits per heavy atom. The van der Waals surface area contributed by atoms with Gasteiger partial charge in [-0.2, -0.15) is 0 Å². The molecule has 2 nitrogen and oxygen atoms in total. The van der Waals surface area contributed by atoms with Crippen molar-refractivity contribution >= 4 is 5.78 Å². The Balaban J connectivity index is 2.39. The molecule has 0 bridgehead atoms. The second-order valence-corrected chi connectivity index (χ2v) is 6.43. The van der Waals surface area contributed by atoms with Crippen molar-refractivity contribution < 1.29 is 4.79 Å². The Morgan fingerprint density at radius 1 is 1.31 bits per heavy atom. The number of nitrogens with zero attached hydrogens (tertiary/aromatic N) is 1. The zero-order valence-electron chi connectivity index (χ0n) is 11.5. The van der Waals surface area contributed by atoms with E-state index >= 15 is 0 Å². The molecule has 0 spiro atoms. The van der Waals surface area contributed by atoms with Crippen LogP contribution in [-0.2, 0) is 4.79 Å². The minimum Gasteiger partial charge on any atom is -0.298 e. The minimum atomic E-state index is 0.169. The SMILES string of the molecule is CC(C)C(=O)CN(C)C1CCC(C)(C)CC1. The molecule has 94 valence electrons. The Hall–Kier alpha value is -0.370. The highest BCUT2D eigenvalue weighted by molar-refractivity contribution is 5.82. The van der Waals surface area contributed by atoms with Gasteiger partial charge in [-0.25, -0.2) is 0 Å². The molecule has 1 rings (SSSR count). The van der Waals surface area contributed by atoms with Crippen LogP contribution in [-0.4, -0.2) is 30.3 Å². The Morgan fingerprint density at radius 2 is 1.81 bits per heavy atom. The van der Waals surface area contributed by atoms with Crippen molar-refractivity contribution in [3.05, 3.63) is 0 Å². The molecule has 0 aromatic carbocycles. The molecular weight excluding hydrogens is 198 g/mol. The maximum absolute atomic E-state index is 11.7. The number of hydrogen-bond acceptors (Lipinski definition) is 2. The Kier molecular flexibility index (Phi) is 4.54. The van der Waals surface area contributed by atoms with E-state index in [0.29, 0.717) is 23.8 Å². The lowest BCUT2D eigenvalue weighted by Gasteiger charge is -2.38. The van der Waals surface area contributed by atoms with Crippen LogP contribution in [0.2, 0.25) is 0 Å². The van der Waals surface area contributed by atoms with Crippen LogP contribution in [0.25, 0.3) is 0 Å². The maximum Gasteiger partial charge on any atom is 0.149 e. The van der Waals surface area contributed by atoms with E-state index in [0.717, 1.165) is 0 Å². The van der Waals surface area contributed by atoms with Crippen molar-refractivity contribution in [2.45, 2.75) is 59.4 Å². The second kappa shape index (κ2) is 5.31. The standard InChI is InChI=1S/C14H27NO/c1-11(2)13(16)10-15(5)12-6-8-14(3,4)9-7-12/h11-12H,6-10H2,1-5H3.